The Hall–Kier alpha value is -2.82. The van der Waals surface area contributed by atoms with Crippen molar-refractivity contribution in [2.75, 3.05) is 23.8 Å². The smallest absolute Gasteiger partial charge is 0.416 e. The number of halogens is 3. The van der Waals surface area contributed by atoms with Crippen molar-refractivity contribution < 1.29 is 27.5 Å². The first-order chi connectivity index (χ1) is 13.3. The van der Waals surface area contributed by atoms with Gasteiger partial charge in [0.1, 0.15) is 0 Å². The summed E-state index contributed by atoms with van der Waals surface area (Å²) in [6.07, 6.45) is -4.61. The van der Waals surface area contributed by atoms with Crippen LogP contribution in [-0.4, -0.2) is 35.2 Å². The van der Waals surface area contributed by atoms with E-state index in [1.807, 2.05) is 0 Å². The van der Waals surface area contributed by atoms with Crippen molar-refractivity contribution in [3.8, 4) is 0 Å². The summed E-state index contributed by atoms with van der Waals surface area (Å²) in [7, 11) is 0. The topological polar surface area (TPSA) is 83.6 Å². The van der Waals surface area contributed by atoms with Crippen molar-refractivity contribution in [1.29, 1.82) is 0 Å². The molecule has 0 atom stereocenters. The van der Waals surface area contributed by atoms with Crippen molar-refractivity contribution in [3.63, 3.8) is 0 Å². The second kappa shape index (κ2) is 8.05. The number of fused-ring (bicyclic) bond motifs is 1. The lowest BCUT2D eigenvalue weighted by atomic mass is 10.2. The summed E-state index contributed by atoms with van der Waals surface area (Å²) in [4.78, 5) is 30.5. The van der Waals surface area contributed by atoms with Crippen molar-refractivity contribution in [2.24, 2.45) is 0 Å². The van der Waals surface area contributed by atoms with Crippen LogP contribution < -0.4 is 10.6 Å². The Labute approximate surface area is 162 Å². The van der Waals surface area contributed by atoms with Crippen LogP contribution in [0.1, 0.15) is 23.1 Å². The molecule has 1 aliphatic heterocycles. The Balaban J connectivity index is 1.64. The number of hydrogen-bond acceptors (Lipinski definition) is 5. The van der Waals surface area contributed by atoms with Gasteiger partial charge in [-0.3, -0.25) is 5.32 Å². The molecule has 0 radical (unpaired) electrons. The quantitative estimate of drug-likeness (QED) is 0.784. The van der Waals surface area contributed by atoms with E-state index in [-0.39, 0.29) is 18.8 Å². The highest BCUT2D eigenvalue weighted by Crippen LogP contribution is 2.31. The van der Waals surface area contributed by atoms with E-state index in [0.29, 0.717) is 18.1 Å². The monoisotopic (exact) mass is 414 g/mol. The number of thiazole rings is 1. The fourth-order valence-electron chi connectivity index (χ4n) is 2.65. The predicted molar refractivity (Wildman–Crippen MR) is 97.3 cm³/mol. The van der Waals surface area contributed by atoms with Crippen molar-refractivity contribution in [3.05, 3.63) is 40.4 Å². The van der Waals surface area contributed by atoms with E-state index in [2.05, 4.69) is 15.6 Å². The number of nitrogens with one attached hydrogen (secondary N) is 2. The Bertz CT molecular complexity index is 885. The van der Waals surface area contributed by atoms with Gasteiger partial charge in [0.15, 0.2) is 5.13 Å². The normalized spacial score (nSPS) is 13.6. The first-order valence-corrected chi connectivity index (χ1v) is 9.23. The molecule has 0 aliphatic carbocycles. The van der Waals surface area contributed by atoms with Crippen LogP contribution in [0.25, 0.3) is 0 Å². The molecule has 0 saturated carbocycles. The lowest BCUT2D eigenvalue weighted by Gasteiger charge is -2.26. The summed E-state index contributed by atoms with van der Waals surface area (Å²) < 4.78 is 43.2. The van der Waals surface area contributed by atoms with Crippen LogP contribution in [-0.2, 0) is 23.9 Å². The molecule has 2 aromatic rings. The van der Waals surface area contributed by atoms with E-state index in [0.717, 1.165) is 22.7 Å². The van der Waals surface area contributed by atoms with Gasteiger partial charge in [0.05, 0.1) is 24.4 Å². The molecule has 7 nitrogen and oxygen atoms in total. The average molecular weight is 414 g/mol. The molecule has 3 rings (SSSR count). The molecule has 0 unspecified atom stereocenters. The third-order valence-electron chi connectivity index (χ3n) is 3.94. The number of ether oxygens (including phenoxy) is 1. The third-order valence-corrected chi connectivity index (χ3v) is 4.94. The van der Waals surface area contributed by atoms with Crippen LogP contribution in [0.15, 0.2) is 24.3 Å². The molecule has 0 spiro atoms. The molecule has 2 heterocycles. The molecule has 0 fully saturated rings. The zero-order chi connectivity index (χ0) is 20.3. The van der Waals surface area contributed by atoms with Crippen LogP contribution >= 0.6 is 11.3 Å². The number of urea groups is 1. The molecule has 11 heteroatoms. The summed E-state index contributed by atoms with van der Waals surface area (Å²) >= 11 is 1.23. The summed E-state index contributed by atoms with van der Waals surface area (Å²) in [6.45, 7) is 2.54. The van der Waals surface area contributed by atoms with E-state index >= 15 is 0 Å². The Kier molecular flexibility index (Phi) is 5.73. The van der Waals surface area contributed by atoms with Gasteiger partial charge in [0.2, 0.25) is 0 Å². The van der Waals surface area contributed by atoms with Crippen LogP contribution in [0, 0.1) is 0 Å². The lowest BCUT2D eigenvalue weighted by Crippen LogP contribution is -2.38. The van der Waals surface area contributed by atoms with Crippen LogP contribution in [0.3, 0.4) is 0 Å². The number of rotatable bonds is 3. The fourth-order valence-corrected chi connectivity index (χ4v) is 3.66. The fraction of sp³-hybridized carbons (Fsp3) is 0.353. The minimum atomic E-state index is -4.48. The third kappa shape index (κ3) is 4.71. The first-order valence-electron chi connectivity index (χ1n) is 8.42. The number of carbonyl (C=O) groups excluding carboxylic acids is 2. The number of aromatic nitrogens is 1. The van der Waals surface area contributed by atoms with E-state index in [4.69, 9.17) is 4.74 Å². The summed E-state index contributed by atoms with van der Waals surface area (Å²) in [5.74, 6) is 0. The SMILES string of the molecule is CCOC(=O)Nc1nc2c(s1)CN(C(=O)Nc1cccc(C(F)(F)F)c1)CC2. The van der Waals surface area contributed by atoms with Gasteiger partial charge in [0, 0.05) is 23.5 Å². The zero-order valence-corrected chi connectivity index (χ0v) is 15.6. The molecular weight excluding hydrogens is 397 g/mol. The first kappa shape index (κ1) is 19.9. The molecule has 1 aromatic heterocycles. The highest BCUT2D eigenvalue weighted by Gasteiger charge is 2.31. The lowest BCUT2D eigenvalue weighted by molar-refractivity contribution is -0.137. The average Bonchev–Trinajstić information content (AvgIpc) is 3.02. The van der Waals surface area contributed by atoms with Gasteiger partial charge in [-0.1, -0.05) is 17.4 Å². The molecular formula is C17H17F3N4O3S. The number of benzene rings is 1. The number of hydrogen-bond donors (Lipinski definition) is 2. The van der Waals surface area contributed by atoms with Gasteiger partial charge >= 0.3 is 18.3 Å². The molecule has 3 amide bonds. The summed E-state index contributed by atoms with van der Waals surface area (Å²) in [5.41, 5.74) is 0.0166. The minimum absolute atomic E-state index is 0.0691. The van der Waals surface area contributed by atoms with Crippen molar-refractivity contribution in [2.45, 2.75) is 26.1 Å². The number of amides is 3. The largest absolute Gasteiger partial charge is 0.450 e. The highest BCUT2D eigenvalue weighted by molar-refractivity contribution is 7.15. The molecule has 28 heavy (non-hydrogen) atoms. The van der Waals surface area contributed by atoms with Crippen LogP contribution in [0.4, 0.5) is 33.6 Å². The Morgan fingerprint density at radius 1 is 1.32 bits per heavy atom. The van der Waals surface area contributed by atoms with Gasteiger partial charge in [0.25, 0.3) is 0 Å². The Morgan fingerprint density at radius 2 is 2.11 bits per heavy atom. The molecule has 0 saturated heterocycles. The van der Waals surface area contributed by atoms with Gasteiger partial charge in [-0.05, 0) is 25.1 Å². The maximum absolute atomic E-state index is 12.8. The van der Waals surface area contributed by atoms with Crippen LogP contribution in [0.2, 0.25) is 0 Å². The van der Waals surface area contributed by atoms with E-state index < -0.39 is 23.9 Å². The molecule has 150 valence electrons. The van der Waals surface area contributed by atoms with E-state index in [1.165, 1.54) is 28.4 Å². The standard InChI is InChI=1S/C17H17F3N4O3S/c1-2-27-16(26)23-14-22-12-6-7-24(9-13(12)28-14)15(25)21-11-5-3-4-10(8-11)17(18,19)20/h3-5,8H,2,6-7,9H2,1H3,(H,21,25)(H,22,23,26). The van der Waals surface area contributed by atoms with E-state index in [1.54, 1.807) is 6.92 Å². The minimum Gasteiger partial charge on any atom is -0.450 e. The van der Waals surface area contributed by atoms with Crippen molar-refractivity contribution in [1.82, 2.24) is 9.88 Å². The second-order valence-electron chi connectivity index (χ2n) is 5.91. The van der Waals surface area contributed by atoms with Crippen LogP contribution in [0.5, 0.6) is 0 Å². The summed E-state index contributed by atoms with van der Waals surface area (Å²) in [6, 6.07) is 3.97. The Morgan fingerprint density at radius 3 is 2.82 bits per heavy atom. The maximum Gasteiger partial charge on any atom is 0.416 e. The van der Waals surface area contributed by atoms with E-state index in [9.17, 15) is 22.8 Å². The maximum atomic E-state index is 12.8. The number of nitrogens with zero attached hydrogens (tertiary/aromatic N) is 2. The molecule has 2 N–H and O–H groups in total. The number of alkyl halides is 3. The van der Waals surface area contributed by atoms with Gasteiger partial charge in [-0.2, -0.15) is 13.2 Å². The molecule has 1 aromatic carbocycles. The van der Waals surface area contributed by atoms with Crippen molar-refractivity contribution >= 4 is 34.3 Å². The number of anilines is 2. The molecule has 1 aliphatic rings. The number of carbonyl (C=O) groups is 2. The predicted octanol–water partition coefficient (Wildman–Crippen LogP) is 4.32. The molecule has 0 bridgehead atoms. The van der Waals surface area contributed by atoms with Gasteiger partial charge in [-0.25, -0.2) is 14.6 Å². The zero-order valence-electron chi connectivity index (χ0n) is 14.8. The highest BCUT2D eigenvalue weighted by atomic mass is 32.1. The van der Waals surface area contributed by atoms with Gasteiger partial charge < -0.3 is 15.0 Å². The summed E-state index contributed by atoms with van der Waals surface area (Å²) in [5, 5.41) is 5.40. The van der Waals surface area contributed by atoms with Gasteiger partial charge in [-0.15, -0.1) is 0 Å². The second-order valence-corrected chi connectivity index (χ2v) is 7.00.